The maximum absolute atomic E-state index is 11.1. The Morgan fingerprint density at radius 2 is 1.75 bits per heavy atom. The summed E-state index contributed by atoms with van der Waals surface area (Å²) < 4.78 is 0. The van der Waals surface area contributed by atoms with Crippen LogP contribution in [0.3, 0.4) is 0 Å². The Labute approximate surface area is 124 Å². The lowest BCUT2D eigenvalue weighted by atomic mass is 9.83. The number of rotatable bonds is 7. The first-order valence-electron chi connectivity index (χ1n) is 8.57. The average Bonchev–Trinajstić information content (AvgIpc) is 2.63. The van der Waals surface area contributed by atoms with Crippen molar-refractivity contribution in [3.8, 4) is 0 Å². The first-order chi connectivity index (χ1) is 9.76. The molecule has 0 saturated carbocycles. The van der Waals surface area contributed by atoms with Crippen LogP contribution >= 0.6 is 0 Å². The third-order valence-electron chi connectivity index (χ3n) is 4.75. The van der Waals surface area contributed by atoms with Gasteiger partial charge in [-0.25, -0.2) is 0 Å². The molecular formula is C19H30O. The molecule has 2 rings (SSSR count). The second-order valence-electron chi connectivity index (χ2n) is 6.41. The number of aryl methyl sites for hydroxylation is 1. The van der Waals surface area contributed by atoms with E-state index >= 15 is 0 Å². The summed E-state index contributed by atoms with van der Waals surface area (Å²) in [4.78, 5) is 0. The van der Waals surface area contributed by atoms with Gasteiger partial charge in [-0.2, -0.15) is 0 Å². The molecule has 1 aromatic carbocycles. The van der Waals surface area contributed by atoms with Gasteiger partial charge in [0.05, 0.1) is 5.60 Å². The van der Waals surface area contributed by atoms with Gasteiger partial charge in [0.2, 0.25) is 0 Å². The van der Waals surface area contributed by atoms with Gasteiger partial charge in [-0.1, -0.05) is 69.7 Å². The van der Waals surface area contributed by atoms with E-state index in [1.165, 1.54) is 49.7 Å². The quantitative estimate of drug-likeness (QED) is 0.525. The molecule has 1 atom stereocenters. The van der Waals surface area contributed by atoms with Crippen molar-refractivity contribution in [3.05, 3.63) is 35.4 Å². The topological polar surface area (TPSA) is 20.2 Å². The number of fused-ring (bicyclic) bond motifs is 1. The lowest BCUT2D eigenvalue weighted by Gasteiger charge is -2.29. The highest BCUT2D eigenvalue weighted by Gasteiger charge is 2.31. The summed E-state index contributed by atoms with van der Waals surface area (Å²) in [6.07, 6.45) is 13.2. The predicted molar refractivity (Wildman–Crippen MR) is 85.9 cm³/mol. The molecular weight excluding hydrogens is 244 g/mol. The SMILES string of the molecule is CCCCCCCCC1(O)CCCCc2ccccc21. The Balaban J connectivity index is 1.91. The average molecular weight is 274 g/mol. The van der Waals surface area contributed by atoms with Crippen LogP contribution in [0.25, 0.3) is 0 Å². The van der Waals surface area contributed by atoms with Gasteiger partial charge in [0, 0.05) is 0 Å². The molecule has 1 N–H and O–H groups in total. The molecule has 0 radical (unpaired) electrons. The van der Waals surface area contributed by atoms with E-state index in [1.54, 1.807) is 0 Å². The minimum atomic E-state index is -0.558. The molecule has 1 aliphatic carbocycles. The first kappa shape index (κ1) is 15.6. The Morgan fingerprint density at radius 3 is 2.60 bits per heavy atom. The second kappa shape index (κ2) is 7.83. The Hall–Kier alpha value is -0.820. The maximum atomic E-state index is 11.1. The van der Waals surface area contributed by atoms with E-state index in [4.69, 9.17) is 0 Å². The van der Waals surface area contributed by atoms with Crippen molar-refractivity contribution >= 4 is 0 Å². The van der Waals surface area contributed by atoms with Gasteiger partial charge >= 0.3 is 0 Å². The lowest BCUT2D eigenvalue weighted by Crippen LogP contribution is -2.25. The van der Waals surface area contributed by atoms with Gasteiger partial charge in [-0.15, -0.1) is 0 Å². The van der Waals surface area contributed by atoms with Gasteiger partial charge in [-0.05, 0) is 43.2 Å². The monoisotopic (exact) mass is 274 g/mol. The van der Waals surface area contributed by atoms with Crippen LogP contribution < -0.4 is 0 Å². The number of hydrogen-bond acceptors (Lipinski definition) is 1. The van der Waals surface area contributed by atoms with Gasteiger partial charge in [0.25, 0.3) is 0 Å². The van der Waals surface area contributed by atoms with Crippen molar-refractivity contribution in [2.24, 2.45) is 0 Å². The zero-order valence-electron chi connectivity index (χ0n) is 13.0. The fourth-order valence-electron chi connectivity index (χ4n) is 3.52. The van der Waals surface area contributed by atoms with Crippen molar-refractivity contribution in [1.82, 2.24) is 0 Å². The molecule has 1 aromatic rings. The summed E-state index contributed by atoms with van der Waals surface area (Å²) in [6, 6.07) is 8.54. The van der Waals surface area contributed by atoms with Crippen LogP contribution in [-0.2, 0) is 12.0 Å². The molecule has 1 nitrogen and oxygen atoms in total. The molecule has 1 aliphatic rings. The van der Waals surface area contributed by atoms with E-state index in [1.807, 2.05) is 0 Å². The number of aliphatic hydroxyl groups is 1. The third kappa shape index (κ3) is 4.09. The van der Waals surface area contributed by atoms with Crippen molar-refractivity contribution in [3.63, 3.8) is 0 Å². The van der Waals surface area contributed by atoms with Crippen molar-refractivity contribution in [1.29, 1.82) is 0 Å². The zero-order valence-corrected chi connectivity index (χ0v) is 13.0. The number of benzene rings is 1. The minimum absolute atomic E-state index is 0.558. The van der Waals surface area contributed by atoms with E-state index < -0.39 is 5.60 Å². The van der Waals surface area contributed by atoms with Gasteiger partial charge in [0.1, 0.15) is 0 Å². The molecule has 0 aliphatic heterocycles. The largest absolute Gasteiger partial charge is 0.385 e. The van der Waals surface area contributed by atoms with Crippen molar-refractivity contribution in [2.75, 3.05) is 0 Å². The molecule has 0 fully saturated rings. The zero-order chi connectivity index (χ0) is 14.3. The molecule has 1 heteroatoms. The van der Waals surface area contributed by atoms with E-state index in [-0.39, 0.29) is 0 Å². The van der Waals surface area contributed by atoms with E-state index in [0.29, 0.717) is 0 Å². The van der Waals surface area contributed by atoms with E-state index in [0.717, 1.165) is 32.1 Å². The molecule has 112 valence electrons. The fraction of sp³-hybridized carbons (Fsp3) is 0.684. The second-order valence-corrected chi connectivity index (χ2v) is 6.41. The standard InChI is InChI=1S/C19H30O/c1-2-3-4-5-6-10-15-19(20)16-11-9-13-17-12-7-8-14-18(17)19/h7-8,12,14,20H,2-6,9-11,13,15-16H2,1H3. The van der Waals surface area contributed by atoms with Crippen LogP contribution in [0.1, 0.15) is 82.3 Å². The van der Waals surface area contributed by atoms with Gasteiger partial charge < -0.3 is 5.11 Å². The molecule has 0 spiro atoms. The predicted octanol–water partition coefficient (Wildman–Crippen LogP) is 5.35. The molecule has 0 bridgehead atoms. The normalized spacial score (nSPS) is 22.3. The minimum Gasteiger partial charge on any atom is -0.385 e. The molecule has 1 unspecified atom stereocenters. The number of hydrogen-bond donors (Lipinski definition) is 1. The van der Waals surface area contributed by atoms with Crippen LogP contribution in [0.15, 0.2) is 24.3 Å². The maximum Gasteiger partial charge on any atom is 0.0899 e. The van der Waals surface area contributed by atoms with Crippen LogP contribution in [0, 0.1) is 0 Å². The van der Waals surface area contributed by atoms with Gasteiger partial charge in [0.15, 0.2) is 0 Å². The molecule has 0 aromatic heterocycles. The summed E-state index contributed by atoms with van der Waals surface area (Å²) in [6.45, 7) is 2.26. The molecule has 0 heterocycles. The van der Waals surface area contributed by atoms with Gasteiger partial charge in [-0.3, -0.25) is 0 Å². The van der Waals surface area contributed by atoms with Crippen molar-refractivity contribution < 1.29 is 5.11 Å². The molecule has 0 amide bonds. The molecule has 20 heavy (non-hydrogen) atoms. The summed E-state index contributed by atoms with van der Waals surface area (Å²) in [5.41, 5.74) is 2.03. The van der Waals surface area contributed by atoms with Crippen LogP contribution in [0.2, 0.25) is 0 Å². The van der Waals surface area contributed by atoms with Crippen LogP contribution in [0.5, 0.6) is 0 Å². The Morgan fingerprint density at radius 1 is 1.00 bits per heavy atom. The summed E-state index contributed by atoms with van der Waals surface area (Å²) in [5.74, 6) is 0. The summed E-state index contributed by atoms with van der Waals surface area (Å²) in [7, 11) is 0. The Kier molecular flexibility index (Phi) is 6.09. The highest BCUT2D eigenvalue weighted by atomic mass is 16.3. The smallest absolute Gasteiger partial charge is 0.0899 e. The first-order valence-corrected chi connectivity index (χ1v) is 8.57. The lowest BCUT2D eigenvalue weighted by molar-refractivity contribution is 0.0154. The highest BCUT2D eigenvalue weighted by Crippen LogP contribution is 2.38. The Bertz CT molecular complexity index is 399. The molecule has 0 saturated heterocycles. The highest BCUT2D eigenvalue weighted by molar-refractivity contribution is 5.33. The van der Waals surface area contributed by atoms with Crippen LogP contribution in [-0.4, -0.2) is 5.11 Å². The van der Waals surface area contributed by atoms with E-state index in [2.05, 4.69) is 31.2 Å². The van der Waals surface area contributed by atoms with E-state index in [9.17, 15) is 5.11 Å². The van der Waals surface area contributed by atoms with Crippen molar-refractivity contribution in [2.45, 2.75) is 83.2 Å². The third-order valence-corrected chi connectivity index (χ3v) is 4.75. The number of unbranched alkanes of at least 4 members (excludes halogenated alkanes) is 5. The summed E-state index contributed by atoms with van der Waals surface area (Å²) >= 11 is 0. The fourth-order valence-corrected chi connectivity index (χ4v) is 3.52. The van der Waals surface area contributed by atoms with Crippen LogP contribution in [0.4, 0.5) is 0 Å². The summed E-state index contributed by atoms with van der Waals surface area (Å²) in [5, 5.41) is 11.1.